The lowest BCUT2D eigenvalue weighted by Crippen LogP contribution is -2.48. The molecule has 0 saturated heterocycles. The normalized spacial score (nSPS) is 16.3. The van der Waals surface area contributed by atoms with Crippen LogP contribution in [0.2, 0.25) is 0 Å². The highest BCUT2D eigenvalue weighted by molar-refractivity contribution is 5.80. The molecule has 0 aromatic heterocycles. The summed E-state index contributed by atoms with van der Waals surface area (Å²) in [4.78, 5) is 10.6. The first-order valence-electron chi connectivity index (χ1n) is 4.55. The summed E-state index contributed by atoms with van der Waals surface area (Å²) in [6, 6.07) is 1.88. The summed E-state index contributed by atoms with van der Waals surface area (Å²) in [7, 11) is 0. The highest BCUT2D eigenvalue weighted by atomic mass is 19.1. The fraction of sp³-hybridized carbons (Fsp3) is 0.300. The van der Waals surface area contributed by atoms with Crippen LogP contribution in [0.15, 0.2) is 18.2 Å². The van der Waals surface area contributed by atoms with Crippen LogP contribution >= 0.6 is 0 Å². The largest absolute Gasteiger partial charge is 0.393 e. The van der Waals surface area contributed by atoms with Gasteiger partial charge in [-0.2, -0.15) is 0 Å². The summed E-state index contributed by atoms with van der Waals surface area (Å²) < 4.78 is 39.4. The number of benzene rings is 1. The minimum Gasteiger partial charge on any atom is -0.393 e. The van der Waals surface area contributed by atoms with Gasteiger partial charge in [0.05, 0.1) is 6.61 Å². The maximum atomic E-state index is 13.4. The van der Waals surface area contributed by atoms with E-state index in [9.17, 15) is 23.1 Å². The Morgan fingerprint density at radius 2 is 2.06 bits per heavy atom. The molecule has 2 unspecified atom stereocenters. The molecule has 0 radical (unpaired) electrons. The molecule has 0 saturated carbocycles. The number of amides is 1. The van der Waals surface area contributed by atoms with Crippen molar-refractivity contribution in [3.8, 4) is 0 Å². The fourth-order valence-electron chi connectivity index (χ4n) is 1.38. The molecule has 0 spiro atoms. The summed E-state index contributed by atoms with van der Waals surface area (Å²) in [5, 5.41) is 18.6. The predicted molar refractivity (Wildman–Crippen MR) is 51.4 cm³/mol. The van der Waals surface area contributed by atoms with E-state index in [0.29, 0.717) is 6.07 Å². The molecule has 0 aliphatic heterocycles. The van der Waals surface area contributed by atoms with Gasteiger partial charge in [-0.1, -0.05) is 6.07 Å². The van der Waals surface area contributed by atoms with E-state index in [1.807, 2.05) is 0 Å². The molecule has 0 aliphatic rings. The number of rotatable bonds is 4. The lowest BCUT2D eigenvalue weighted by atomic mass is 9.89. The molecule has 4 nitrogen and oxygen atoms in total. The zero-order chi connectivity index (χ0) is 13.2. The van der Waals surface area contributed by atoms with Gasteiger partial charge in [0.2, 0.25) is 6.17 Å². The summed E-state index contributed by atoms with van der Waals surface area (Å²) in [5.41, 5.74) is 1.06. The third-order valence-corrected chi connectivity index (χ3v) is 2.31. The molecule has 2 atom stereocenters. The number of aliphatic hydroxyl groups excluding tert-OH is 1. The molecule has 0 fully saturated rings. The smallest absolute Gasteiger partial charge is 0.255 e. The van der Waals surface area contributed by atoms with E-state index in [4.69, 9.17) is 5.11 Å². The van der Waals surface area contributed by atoms with E-state index in [1.54, 1.807) is 0 Å². The van der Waals surface area contributed by atoms with Crippen LogP contribution in [0, 0.1) is 11.6 Å². The number of hydrogen-bond acceptors (Lipinski definition) is 3. The van der Waals surface area contributed by atoms with Gasteiger partial charge in [0.15, 0.2) is 5.60 Å². The Kier molecular flexibility index (Phi) is 3.74. The molecule has 1 rings (SSSR count). The van der Waals surface area contributed by atoms with Crippen LogP contribution in [0.5, 0.6) is 0 Å². The van der Waals surface area contributed by atoms with E-state index in [-0.39, 0.29) is 0 Å². The quantitative estimate of drug-likeness (QED) is 0.700. The number of alkyl halides is 1. The van der Waals surface area contributed by atoms with Gasteiger partial charge in [-0.05, 0) is 6.07 Å². The average molecular weight is 249 g/mol. The number of aliphatic hydroxyl groups is 2. The predicted octanol–water partition coefficient (Wildman–Crippen LogP) is -0.0319. The van der Waals surface area contributed by atoms with Crippen LogP contribution in [-0.4, -0.2) is 28.9 Å². The van der Waals surface area contributed by atoms with Crippen LogP contribution in [0.25, 0.3) is 0 Å². The standard InChI is InChI=1S/C10H10F3NO3/c11-5-1-2-6(7(12)3-5)10(17,4-15)8(13)9(14)16/h1-3,8,15,17H,4H2,(H2,14,16). The maximum Gasteiger partial charge on any atom is 0.255 e. The van der Waals surface area contributed by atoms with Gasteiger partial charge >= 0.3 is 0 Å². The summed E-state index contributed by atoms with van der Waals surface area (Å²) in [5.74, 6) is -3.79. The van der Waals surface area contributed by atoms with Gasteiger partial charge in [-0.3, -0.25) is 4.79 Å². The second-order valence-electron chi connectivity index (χ2n) is 3.47. The number of halogens is 3. The Bertz CT molecular complexity index is 441. The van der Waals surface area contributed by atoms with Gasteiger partial charge in [0.1, 0.15) is 11.6 Å². The van der Waals surface area contributed by atoms with Crippen molar-refractivity contribution in [1.82, 2.24) is 0 Å². The van der Waals surface area contributed by atoms with E-state index in [0.717, 1.165) is 12.1 Å². The first-order valence-corrected chi connectivity index (χ1v) is 4.55. The molecule has 0 bridgehead atoms. The molecule has 4 N–H and O–H groups in total. The van der Waals surface area contributed by atoms with Crippen molar-refractivity contribution in [3.63, 3.8) is 0 Å². The highest BCUT2D eigenvalue weighted by Crippen LogP contribution is 2.29. The van der Waals surface area contributed by atoms with E-state index in [2.05, 4.69) is 5.73 Å². The molecule has 7 heteroatoms. The topological polar surface area (TPSA) is 83.6 Å². The number of primary amides is 1. The van der Waals surface area contributed by atoms with Crippen LogP contribution < -0.4 is 5.73 Å². The lowest BCUT2D eigenvalue weighted by molar-refractivity contribution is -0.140. The molecule has 1 aromatic carbocycles. The second kappa shape index (κ2) is 4.72. The van der Waals surface area contributed by atoms with E-state index < -0.39 is 41.5 Å². The van der Waals surface area contributed by atoms with Gasteiger partial charge in [0.25, 0.3) is 5.91 Å². The molecule has 0 aliphatic carbocycles. The Labute approximate surface area is 94.5 Å². The minimum absolute atomic E-state index is 0.393. The van der Waals surface area contributed by atoms with Crippen molar-refractivity contribution in [2.45, 2.75) is 11.8 Å². The van der Waals surface area contributed by atoms with Gasteiger partial charge in [-0.25, -0.2) is 13.2 Å². The third kappa shape index (κ3) is 2.40. The van der Waals surface area contributed by atoms with Gasteiger partial charge in [0, 0.05) is 11.6 Å². The van der Waals surface area contributed by atoms with Crippen molar-refractivity contribution in [3.05, 3.63) is 35.4 Å². The highest BCUT2D eigenvalue weighted by Gasteiger charge is 2.44. The molecule has 94 valence electrons. The second-order valence-corrected chi connectivity index (χ2v) is 3.47. The zero-order valence-corrected chi connectivity index (χ0v) is 8.53. The molecule has 1 amide bonds. The average Bonchev–Trinajstić information content (AvgIpc) is 2.26. The Morgan fingerprint density at radius 3 is 2.47 bits per heavy atom. The van der Waals surface area contributed by atoms with Crippen LogP contribution in [0.3, 0.4) is 0 Å². The SMILES string of the molecule is NC(=O)C(F)C(O)(CO)c1ccc(F)cc1F. The Morgan fingerprint density at radius 1 is 1.47 bits per heavy atom. The summed E-state index contributed by atoms with van der Waals surface area (Å²) >= 11 is 0. The van der Waals surface area contributed by atoms with Crippen LogP contribution in [-0.2, 0) is 10.4 Å². The van der Waals surface area contributed by atoms with Crippen LogP contribution in [0.4, 0.5) is 13.2 Å². The van der Waals surface area contributed by atoms with E-state index in [1.165, 1.54) is 0 Å². The summed E-state index contributed by atoms with van der Waals surface area (Å²) in [6.07, 6.45) is -2.72. The Balaban J connectivity index is 3.29. The first kappa shape index (κ1) is 13.5. The summed E-state index contributed by atoms with van der Waals surface area (Å²) in [6.45, 7) is -1.28. The maximum absolute atomic E-state index is 13.4. The number of nitrogens with two attached hydrogens (primary N) is 1. The monoisotopic (exact) mass is 249 g/mol. The van der Waals surface area contributed by atoms with Crippen molar-refractivity contribution in [2.75, 3.05) is 6.61 Å². The van der Waals surface area contributed by atoms with E-state index >= 15 is 0 Å². The minimum atomic E-state index is -2.83. The fourth-order valence-corrected chi connectivity index (χ4v) is 1.38. The first-order chi connectivity index (χ1) is 7.82. The molecule has 0 heterocycles. The molecular formula is C10H10F3NO3. The van der Waals surface area contributed by atoms with Crippen LogP contribution in [0.1, 0.15) is 5.56 Å². The molecule has 17 heavy (non-hydrogen) atoms. The number of carbonyl (C=O) groups excluding carboxylic acids is 1. The van der Waals surface area contributed by atoms with Crippen molar-refractivity contribution in [2.24, 2.45) is 5.73 Å². The van der Waals surface area contributed by atoms with Gasteiger partial charge < -0.3 is 15.9 Å². The number of carbonyl (C=O) groups is 1. The van der Waals surface area contributed by atoms with Crippen molar-refractivity contribution < 1.29 is 28.2 Å². The lowest BCUT2D eigenvalue weighted by Gasteiger charge is -2.28. The molecule has 1 aromatic rings. The number of hydrogen-bond donors (Lipinski definition) is 3. The van der Waals surface area contributed by atoms with Crippen molar-refractivity contribution in [1.29, 1.82) is 0 Å². The third-order valence-electron chi connectivity index (χ3n) is 2.31. The van der Waals surface area contributed by atoms with Crippen molar-refractivity contribution >= 4 is 5.91 Å². The van der Waals surface area contributed by atoms with Gasteiger partial charge in [-0.15, -0.1) is 0 Å². The molecular weight excluding hydrogens is 239 g/mol. The zero-order valence-electron chi connectivity index (χ0n) is 8.53. The Hall–Kier alpha value is -1.60.